The third-order valence-electron chi connectivity index (χ3n) is 6.94. The molecule has 42 heavy (non-hydrogen) atoms. The van der Waals surface area contributed by atoms with Crippen LogP contribution in [0.1, 0.15) is 35.1 Å². The fraction of sp³-hybridized carbons (Fsp3) is 0.118. The van der Waals surface area contributed by atoms with Crippen molar-refractivity contribution in [2.24, 2.45) is 0 Å². The number of ether oxygens (including phenoxy) is 4. The van der Waals surface area contributed by atoms with E-state index >= 15 is 0 Å². The third-order valence-corrected chi connectivity index (χ3v) is 6.94. The standard InChI is InChI=1S/C34H28O8/c1-20-27-18-23(41-33(37)14-6-21-4-12-29(35)31(16-21)39-2)8-10-25(27)26-11-9-24(19-28(20)26)42-34(38)15-7-22-5-13-30(36)32(17-22)40-3/h4-20,35-36H,1-3H3. The Hall–Kier alpha value is -5.50. The molecule has 0 saturated heterocycles. The van der Waals surface area contributed by atoms with Gasteiger partial charge >= 0.3 is 11.9 Å². The lowest BCUT2D eigenvalue weighted by Gasteiger charge is -2.09. The van der Waals surface area contributed by atoms with Gasteiger partial charge in [-0.25, -0.2) is 9.59 Å². The molecule has 4 aromatic carbocycles. The van der Waals surface area contributed by atoms with Gasteiger partial charge in [-0.1, -0.05) is 31.2 Å². The molecule has 1 aliphatic rings. The molecule has 0 bridgehead atoms. The SMILES string of the molecule is COc1cc(C=CC(=O)Oc2ccc3c(c2)C(C)c2cc(OC(=O)C=Cc4ccc(O)c(OC)c4)ccc2-3)ccc1O. The van der Waals surface area contributed by atoms with Gasteiger partial charge in [-0.3, -0.25) is 0 Å². The van der Waals surface area contributed by atoms with Gasteiger partial charge in [-0.2, -0.15) is 0 Å². The van der Waals surface area contributed by atoms with E-state index in [1.54, 1.807) is 48.6 Å². The topological polar surface area (TPSA) is 112 Å². The van der Waals surface area contributed by atoms with E-state index in [0.717, 1.165) is 22.3 Å². The molecule has 0 aliphatic heterocycles. The van der Waals surface area contributed by atoms with Gasteiger partial charge in [0.2, 0.25) is 0 Å². The van der Waals surface area contributed by atoms with Crippen LogP contribution >= 0.6 is 0 Å². The number of esters is 2. The molecule has 0 aromatic heterocycles. The highest BCUT2D eigenvalue weighted by atomic mass is 16.5. The summed E-state index contributed by atoms with van der Waals surface area (Å²) < 4.78 is 21.3. The van der Waals surface area contributed by atoms with E-state index in [2.05, 4.69) is 0 Å². The van der Waals surface area contributed by atoms with Crippen LogP contribution in [0.3, 0.4) is 0 Å². The lowest BCUT2D eigenvalue weighted by molar-refractivity contribution is -0.129. The number of hydrogen-bond donors (Lipinski definition) is 2. The molecule has 8 nitrogen and oxygen atoms in total. The molecule has 0 radical (unpaired) electrons. The molecular weight excluding hydrogens is 536 g/mol. The molecule has 8 heteroatoms. The molecule has 4 aromatic rings. The summed E-state index contributed by atoms with van der Waals surface area (Å²) in [5.41, 5.74) is 5.37. The summed E-state index contributed by atoms with van der Waals surface area (Å²) in [5.74, 6) is 0.357. The number of hydrogen-bond acceptors (Lipinski definition) is 8. The van der Waals surface area contributed by atoms with Gasteiger partial charge in [0.05, 0.1) is 14.2 Å². The number of phenolic OH excluding ortho intramolecular Hbond substituents is 2. The van der Waals surface area contributed by atoms with Crippen molar-refractivity contribution in [3.05, 3.63) is 107 Å². The average molecular weight is 565 g/mol. The van der Waals surface area contributed by atoms with Crippen LogP contribution < -0.4 is 18.9 Å². The minimum absolute atomic E-state index is 0.0135. The van der Waals surface area contributed by atoms with Crippen LogP contribution in [0.25, 0.3) is 23.3 Å². The lowest BCUT2D eigenvalue weighted by atomic mass is 9.99. The fourth-order valence-electron chi connectivity index (χ4n) is 4.81. The minimum atomic E-state index is -0.543. The van der Waals surface area contributed by atoms with E-state index < -0.39 is 11.9 Å². The zero-order chi connectivity index (χ0) is 29.8. The van der Waals surface area contributed by atoms with E-state index in [1.165, 1.54) is 38.5 Å². The van der Waals surface area contributed by atoms with Crippen molar-refractivity contribution in [3.63, 3.8) is 0 Å². The van der Waals surface area contributed by atoms with Gasteiger partial charge in [0.1, 0.15) is 11.5 Å². The van der Waals surface area contributed by atoms with Crippen LogP contribution in [0.2, 0.25) is 0 Å². The van der Waals surface area contributed by atoms with Gasteiger partial charge in [0.25, 0.3) is 0 Å². The maximum atomic E-state index is 12.5. The second-order valence-electron chi connectivity index (χ2n) is 9.59. The largest absolute Gasteiger partial charge is 0.504 e. The Morgan fingerprint density at radius 1 is 0.643 bits per heavy atom. The number of carbonyl (C=O) groups is 2. The average Bonchev–Trinajstić information content (AvgIpc) is 3.26. The summed E-state index contributed by atoms with van der Waals surface area (Å²) in [7, 11) is 2.90. The number of carbonyl (C=O) groups excluding carboxylic acids is 2. The van der Waals surface area contributed by atoms with Gasteiger partial charge in [-0.05, 0) is 94.1 Å². The van der Waals surface area contributed by atoms with Crippen LogP contribution in [0.4, 0.5) is 0 Å². The van der Waals surface area contributed by atoms with Crippen LogP contribution in [0, 0.1) is 0 Å². The summed E-state index contributed by atoms with van der Waals surface area (Å²) >= 11 is 0. The summed E-state index contributed by atoms with van der Waals surface area (Å²) in [4.78, 5) is 25.0. The summed E-state index contributed by atoms with van der Waals surface area (Å²) in [6.45, 7) is 2.04. The third kappa shape index (κ3) is 5.97. The highest BCUT2D eigenvalue weighted by Crippen LogP contribution is 2.47. The van der Waals surface area contributed by atoms with Crippen molar-refractivity contribution in [2.45, 2.75) is 12.8 Å². The van der Waals surface area contributed by atoms with Crippen molar-refractivity contribution in [1.82, 2.24) is 0 Å². The van der Waals surface area contributed by atoms with E-state index in [4.69, 9.17) is 18.9 Å². The molecule has 0 saturated carbocycles. The Labute approximate surface area is 242 Å². The summed E-state index contributed by atoms with van der Waals surface area (Å²) in [6.07, 6.45) is 5.78. The summed E-state index contributed by atoms with van der Waals surface area (Å²) in [5, 5.41) is 19.5. The van der Waals surface area contributed by atoms with Crippen LogP contribution in [-0.2, 0) is 9.59 Å². The molecule has 0 atom stereocenters. The molecule has 0 amide bonds. The Balaban J connectivity index is 1.25. The van der Waals surface area contributed by atoms with Crippen molar-refractivity contribution in [2.75, 3.05) is 14.2 Å². The second kappa shape index (κ2) is 11.9. The normalized spacial score (nSPS) is 13.5. The first kappa shape index (κ1) is 28.0. The molecule has 2 N–H and O–H groups in total. The Kier molecular flexibility index (Phi) is 7.97. The predicted octanol–water partition coefficient (Wildman–Crippen LogP) is 6.48. The number of benzene rings is 4. The van der Waals surface area contributed by atoms with E-state index in [1.807, 2.05) is 31.2 Å². The van der Waals surface area contributed by atoms with E-state index in [0.29, 0.717) is 34.1 Å². The van der Waals surface area contributed by atoms with Crippen molar-refractivity contribution in [1.29, 1.82) is 0 Å². The van der Waals surface area contributed by atoms with Gasteiger partial charge in [0, 0.05) is 18.1 Å². The Morgan fingerprint density at radius 2 is 1.07 bits per heavy atom. The van der Waals surface area contributed by atoms with Crippen molar-refractivity contribution in [3.8, 4) is 45.6 Å². The molecule has 1 aliphatic carbocycles. The van der Waals surface area contributed by atoms with E-state index in [-0.39, 0.29) is 17.4 Å². The van der Waals surface area contributed by atoms with Gasteiger partial charge in [-0.15, -0.1) is 0 Å². The van der Waals surface area contributed by atoms with Crippen molar-refractivity contribution >= 4 is 24.1 Å². The molecule has 0 fully saturated rings. The minimum Gasteiger partial charge on any atom is -0.504 e. The van der Waals surface area contributed by atoms with Crippen LogP contribution in [-0.4, -0.2) is 36.4 Å². The fourth-order valence-corrected chi connectivity index (χ4v) is 4.81. The maximum Gasteiger partial charge on any atom is 0.336 e. The maximum absolute atomic E-state index is 12.5. The Morgan fingerprint density at radius 3 is 1.48 bits per heavy atom. The van der Waals surface area contributed by atoms with E-state index in [9.17, 15) is 19.8 Å². The highest BCUT2D eigenvalue weighted by Gasteiger charge is 2.27. The van der Waals surface area contributed by atoms with Crippen LogP contribution in [0.15, 0.2) is 84.9 Å². The highest BCUT2D eigenvalue weighted by molar-refractivity contribution is 5.90. The van der Waals surface area contributed by atoms with Gasteiger partial charge in [0.15, 0.2) is 23.0 Å². The van der Waals surface area contributed by atoms with Crippen LogP contribution in [0.5, 0.6) is 34.5 Å². The molecule has 0 heterocycles. The monoisotopic (exact) mass is 564 g/mol. The number of aromatic hydroxyl groups is 2. The number of phenols is 2. The first-order valence-corrected chi connectivity index (χ1v) is 13.1. The molecule has 5 rings (SSSR count). The number of rotatable bonds is 8. The quantitative estimate of drug-likeness (QED) is 0.142. The predicted molar refractivity (Wildman–Crippen MR) is 158 cm³/mol. The second-order valence-corrected chi connectivity index (χ2v) is 9.59. The van der Waals surface area contributed by atoms with Gasteiger partial charge < -0.3 is 29.2 Å². The Bertz CT molecular complexity index is 1610. The first-order chi connectivity index (χ1) is 20.2. The zero-order valence-corrected chi connectivity index (χ0v) is 23.2. The first-order valence-electron chi connectivity index (χ1n) is 13.1. The summed E-state index contributed by atoms with van der Waals surface area (Å²) in [6, 6.07) is 20.5. The zero-order valence-electron chi connectivity index (χ0n) is 23.2. The van der Waals surface area contributed by atoms with Crippen molar-refractivity contribution < 1.29 is 38.7 Å². The molecule has 212 valence electrons. The number of methoxy groups -OCH3 is 2. The molecule has 0 unspecified atom stereocenters. The lowest BCUT2D eigenvalue weighted by Crippen LogP contribution is -2.04. The number of fused-ring (bicyclic) bond motifs is 3. The molecular formula is C34H28O8. The molecule has 0 spiro atoms. The smallest absolute Gasteiger partial charge is 0.336 e.